The molecule has 0 aliphatic heterocycles. The second kappa shape index (κ2) is 9.06. The van der Waals surface area contributed by atoms with E-state index in [-0.39, 0.29) is 23.6 Å². The number of hydrogen-bond donors (Lipinski definition) is 0. The van der Waals surface area contributed by atoms with Crippen molar-refractivity contribution >= 4 is 28.4 Å². The summed E-state index contributed by atoms with van der Waals surface area (Å²) in [6.07, 6.45) is -2.80. The van der Waals surface area contributed by atoms with Crippen LogP contribution in [-0.4, -0.2) is 37.6 Å². The number of aromatic nitrogens is 4. The zero-order chi connectivity index (χ0) is 24.6. The van der Waals surface area contributed by atoms with Crippen LogP contribution < -0.4 is 0 Å². The summed E-state index contributed by atoms with van der Waals surface area (Å²) in [7, 11) is 1.63. The van der Waals surface area contributed by atoms with Gasteiger partial charge < -0.3 is 4.90 Å². The number of benzene rings is 2. The Morgan fingerprint density at radius 2 is 1.91 bits per heavy atom. The number of alkyl halides is 3. The molecule has 0 aliphatic rings. The molecule has 0 atom stereocenters. The molecular weight excluding hydrogens is 467 g/mol. The minimum atomic E-state index is -4.51. The van der Waals surface area contributed by atoms with Crippen molar-refractivity contribution in [1.29, 1.82) is 0 Å². The Bertz CT molecular complexity index is 1380. The van der Waals surface area contributed by atoms with E-state index in [9.17, 15) is 18.0 Å². The third kappa shape index (κ3) is 4.61. The van der Waals surface area contributed by atoms with Gasteiger partial charge >= 0.3 is 6.18 Å². The van der Waals surface area contributed by atoms with E-state index in [2.05, 4.69) is 15.1 Å². The first-order valence-electron chi connectivity index (χ1n) is 10.5. The quantitative estimate of drug-likeness (QED) is 0.359. The predicted molar refractivity (Wildman–Crippen MR) is 123 cm³/mol. The molecule has 10 heteroatoms. The molecule has 2 aromatic heterocycles. The molecule has 1 amide bonds. The van der Waals surface area contributed by atoms with E-state index < -0.39 is 17.6 Å². The van der Waals surface area contributed by atoms with E-state index >= 15 is 0 Å². The van der Waals surface area contributed by atoms with Crippen LogP contribution in [0.3, 0.4) is 0 Å². The summed E-state index contributed by atoms with van der Waals surface area (Å²) >= 11 is 6.16. The first-order chi connectivity index (χ1) is 16.1. The van der Waals surface area contributed by atoms with Gasteiger partial charge in [-0.05, 0) is 44.2 Å². The van der Waals surface area contributed by atoms with Gasteiger partial charge in [0.2, 0.25) is 0 Å². The number of nitrogens with zero attached hydrogens (tertiary/aromatic N) is 5. The molecule has 6 nitrogen and oxygen atoms in total. The van der Waals surface area contributed by atoms with Crippen molar-refractivity contribution in [3.63, 3.8) is 0 Å². The summed E-state index contributed by atoms with van der Waals surface area (Å²) in [6, 6.07) is 9.51. The lowest BCUT2D eigenvalue weighted by Crippen LogP contribution is -2.27. The molecular formula is C24H21ClF3N5O. The molecule has 176 valence electrons. The van der Waals surface area contributed by atoms with Crippen LogP contribution in [0.5, 0.6) is 0 Å². The Morgan fingerprint density at radius 1 is 1.15 bits per heavy atom. The third-order valence-electron chi connectivity index (χ3n) is 5.57. The number of carbonyl (C=O) groups is 1. The van der Waals surface area contributed by atoms with Gasteiger partial charge in [-0.3, -0.25) is 9.48 Å². The molecule has 0 bridgehead atoms. The van der Waals surface area contributed by atoms with E-state index in [0.717, 1.165) is 23.4 Å². The fourth-order valence-corrected chi connectivity index (χ4v) is 3.87. The number of carbonyl (C=O) groups excluding carboxylic acids is 1. The van der Waals surface area contributed by atoms with Crippen LogP contribution in [-0.2, 0) is 19.3 Å². The maximum absolute atomic E-state index is 13.5. The predicted octanol–water partition coefficient (Wildman–Crippen LogP) is 5.77. The molecule has 0 radical (unpaired) electrons. The summed E-state index contributed by atoms with van der Waals surface area (Å²) in [5, 5.41) is 5.11. The van der Waals surface area contributed by atoms with Crippen LogP contribution in [0, 0.1) is 6.92 Å². The Balaban J connectivity index is 1.79. The van der Waals surface area contributed by atoms with E-state index in [1.165, 1.54) is 17.0 Å². The fraction of sp³-hybridized carbons (Fsp3) is 0.250. The van der Waals surface area contributed by atoms with Crippen LogP contribution in [0.25, 0.3) is 22.3 Å². The number of rotatable bonds is 5. The highest BCUT2D eigenvalue weighted by molar-refractivity contribution is 6.31. The highest BCUT2D eigenvalue weighted by Gasteiger charge is 2.31. The van der Waals surface area contributed by atoms with Gasteiger partial charge in [-0.15, -0.1) is 0 Å². The average Bonchev–Trinajstić information content (AvgIpc) is 3.16. The monoisotopic (exact) mass is 487 g/mol. The largest absolute Gasteiger partial charge is 0.416 e. The molecule has 4 rings (SSSR count). The van der Waals surface area contributed by atoms with Gasteiger partial charge in [0.1, 0.15) is 5.69 Å². The maximum Gasteiger partial charge on any atom is 0.416 e. The van der Waals surface area contributed by atoms with Crippen molar-refractivity contribution in [3.05, 3.63) is 76.2 Å². The zero-order valence-corrected chi connectivity index (χ0v) is 19.4. The number of hydrogen-bond acceptors (Lipinski definition) is 4. The van der Waals surface area contributed by atoms with Crippen molar-refractivity contribution < 1.29 is 18.0 Å². The highest BCUT2D eigenvalue weighted by Crippen LogP contribution is 2.32. The lowest BCUT2D eigenvalue weighted by Gasteiger charge is -2.18. The molecule has 0 aliphatic carbocycles. The van der Waals surface area contributed by atoms with Crippen molar-refractivity contribution in [2.75, 3.05) is 7.05 Å². The summed E-state index contributed by atoms with van der Waals surface area (Å²) < 4.78 is 41.5. The normalized spacial score (nSPS) is 11.7. The molecule has 0 N–H and O–H groups in total. The van der Waals surface area contributed by atoms with Gasteiger partial charge in [-0.1, -0.05) is 23.7 Å². The molecule has 0 unspecified atom stereocenters. The molecule has 0 saturated heterocycles. The van der Waals surface area contributed by atoms with Crippen LogP contribution in [0.1, 0.15) is 34.2 Å². The second-order valence-electron chi connectivity index (χ2n) is 7.87. The van der Waals surface area contributed by atoms with Gasteiger partial charge in [0.05, 0.1) is 17.3 Å². The summed E-state index contributed by atoms with van der Waals surface area (Å²) in [5.41, 5.74) is 1.62. The van der Waals surface area contributed by atoms with Crippen molar-refractivity contribution in [3.8, 4) is 11.4 Å². The molecule has 0 fully saturated rings. The molecule has 2 heterocycles. The molecule has 4 aromatic rings. The van der Waals surface area contributed by atoms with Crippen LogP contribution >= 0.6 is 11.6 Å². The Labute approximate surface area is 199 Å². The number of aryl methyl sites for hydroxylation is 1. The number of amides is 1. The average molecular weight is 488 g/mol. The van der Waals surface area contributed by atoms with Gasteiger partial charge in [-0.25, -0.2) is 9.97 Å². The first kappa shape index (κ1) is 23.7. The Kier molecular flexibility index (Phi) is 6.31. The van der Waals surface area contributed by atoms with Gasteiger partial charge in [0, 0.05) is 47.4 Å². The van der Waals surface area contributed by atoms with Gasteiger partial charge in [0.15, 0.2) is 5.82 Å². The van der Waals surface area contributed by atoms with E-state index in [4.69, 9.17) is 11.6 Å². The third-order valence-corrected chi connectivity index (χ3v) is 5.80. The molecule has 2 aromatic carbocycles. The Hall–Kier alpha value is -3.46. The number of halogens is 4. The SMILES string of the molecule is CCn1ncc(CN(C)C(=O)c2nc(-c3cccc(C(F)(F)F)c3)nc3ccc(Cl)cc23)c1C. The number of fused-ring (bicyclic) bond motifs is 1. The van der Waals surface area contributed by atoms with Gasteiger partial charge in [0.25, 0.3) is 5.91 Å². The standard InChI is InChI=1S/C24H21ClF3N5O/c1-4-33-14(2)16(12-29-33)13-32(3)23(34)21-19-11-18(25)8-9-20(19)30-22(31-21)15-6-5-7-17(10-15)24(26,27)28/h5-12H,4,13H2,1-3H3. The summed E-state index contributed by atoms with van der Waals surface area (Å²) in [5.74, 6) is -0.390. The molecule has 0 spiro atoms. The Morgan fingerprint density at radius 3 is 2.59 bits per heavy atom. The minimum absolute atomic E-state index is 0.0210. The lowest BCUT2D eigenvalue weighted by molar-refractivity contribution is -0.137. The van der Waals surface area contributed by atoms with Crippen LogP contribution in [0.2, 0.25) is 5.02 Å². The maximum atomic E-state index is 13.5. The van der Waals surface area contributed by atoms with E-state index in [1.807, 2.05) is 18.5 Å². The molecule has 0 saturated carbocycles. The van der Waals surface area contributed by atoms with E-state index in [1.54, 1.807) is 31.4 Å². The first-order valence-corrected chi connectivity index (χ1v) is 10.9. The zero-order valence-electron chi connectivity index (χ0n) is 18.7. The van der Waals surface area contributed by atoms with Crippen molar-refractivity contribution in [1.82, 2.24) is 24.6 Å². The van der Waals surface area contributed by atoms with E-state index in [0.29, 0.717) is 22.5 Å². The van der Waals surface area contributed by atoms with Crippen molar-refractivity contribution in [2.45, 2.75) is 33.1 Å². The lowest BCUT2D eigenvalue weighted by atomic mass is 10.1. The summed E-state index contributed by atoms with van der Waals surface area (Å²) in [4.78, 5) is 23.7. The van der Waals surface area contributed by atoms with Crippen molar-refractivity contribution in [2.24, 2.45) is 0 Å². The second-order valence-corrected chi connectivity index (χ2v) is 8.30. The fourth-order valence-electron chi connectivity index (χ4n) is 3.69. The highest BCUT2D eigenvalue weighted by atomic mass is 35.5. The van der Waals surface area contributed by atoms with Gasteiger partial charge in [-0.2, -0.15) is 18.3 Å². The minimum Gasteiger partial charge on any atom is -0.336 e. The van der Waals surface area contributed by atoms with Crippen LogP contribution in [0.4, 0.5) is 13.2 Å². The van der Waals surface area contributed by atoms with Crippen LogP contribution in [0.15, 0.2) is 48.7 Å². The summed E-state index contributed by atoms with van der Waals surface area (Å²) in [6.45, 7) is 4.90. The topological polar surface area (TPSA) is 63.9 Å². The smallest absolute Gasteiger partial charge is 0.336 e. The molecule has 34 heavy (non-hydrogen) atoms.